The molecule has 0 bridgehead atoms. The van der Waals surface area contributed by atoms with Crippen LogP contribution in [0.3, 0.4) is 0 Å². The Balaban J connectivity index is 2.57. The summed E-state index contributed by atoms with van der Waals surface area (Å²) >= 11 is 3.29. The highest BCUT2D eigenvalue weighted by Crippen LogP contribution is 2.28. The molecule has 0 atom stereocenters. The third-order valence-electron chi connectivity index (χ3n) is 2.80. The summed E-state index contributed by atoms with van der Waals surface area (Å²) in [6, 6.07) is 12.8. The fraction of sp³-hybridized carbons (Fsp3) is 0. The van der Waals surface area contributed by atoms with Gasteiger partial charge in [0.2, 0.25) is 0 Å². The van der Waals surface area contributed by atoms with E-state index in [0.717, 1.165) is 4.47 Å². The summed E-state index contributed by atoms with van der Waals surface area (Å²) in [6.07, 6.45) is 1.41. The van der Waals surface area contributed by atoms with E-state index < -0.39 is 10.9 Å². The van der Waals surface area contributed by atoms with Crippen LogP contribution in [0.2, 0.25) is 0 Å². The second-order valence-electron chi connectivity index (χ2n) is 4.19. The van der Waals surface area contributed by atoms with Crippen molar-refractivity contribution in [3.8, 4) is 0 Å². The highest BCUT2D eigenvalue weighted by atomic mass is 79.9. The molecule has 0 aliphatic carbocycles. The fourth-order valence-corrected chi connectivity index (χ4v) is 2.11. The molecule has 2 rings (SSSR count). The molecule has 6 heteroatoms. The molecule has 0 aromatic heterocycles. The number of nitro groups is 1. The smallest absolute Gasteiger partial charge is 0.336 e. The molecule has 0 amide bonds. The minimum Gasteiger partial charge on any atom is -0.478 e. The van der Waals surface area contributed by atoms with Crippen molar-refractivity contribution >= 4 is 39.2 Å². The molecule has 0 aliphatic heterocycles. The van der Waals surface area contributed by atoms with E-state index >= 15 is 0 Å². The van der Waals surface area contributed by atoms with Gasteiger partial charge in [-0.25, -0.2) is 4.79 Å². The van der Waals surface area contributed by atoms with E-state index in [4.69, 9.17) is 0 Å². The number of benzene rings is 2. The molecule has 106 valence electrons. The Hall–Kier alpha value is -2.47. The zero-order chi connectivity index (χ0) is 15.4. The monoisotopic (exact) mass is 347 g/mol. The van der Waals surface area contributed by atoms with E-state index in [-0.39, 0.29) is 16.8 Å². The summed E-state index contributed by atoms with van der Waals surface area (Å²) in [5, 5.41) is 20.4. The topological polar surface area (TPSA) is 80.4 Å². The maximum absolute atomic E-state index is 11.4. The van der Waals surface area contributed by atoms with Crippen molar-refractivity contribution in [2.75, 3.05) is 0 Å². The van der Waals surface area contributed by atoms with Crippen molar-refractivity contribution in [3.05, 3.63) is 74.2 Å². The van der Waals surface area contributed by atoms with Crippen LogP contribution in [0, 0.1) is 10.1 Å². The van der Waals surface area contributed by atoms with Crippen LogP contribution in [0.1, 0.15) is 11.1 Å². The zero-order valence-corrected chi connectivity index (χ0v) is 12.3. The predicted molar refractivity (Wildman–Crippen MR) is 82.7 cm³/mol. The van der Waals surface area contributed by atoms with Crippen LogP contribution in [0.15, 0.2) is 53.0 Å². The quantitative estimate of drug-likeness (QED) is 0.392. The Morgan fingerprint density at radius 2 is 1.76 bits per heavy atom. The number of hydrogen-bond donors (Lipinski definition) is 1. The number of carboxylic acids is 1. The second-order valence-corrected chi connectivity index (χ2v) is 5.10. The van der Waals surface area contributed by atoms with Crippen LogP contribution in [-0.2, 0) is 4.79 Å². The van der Waals surface area contributed by atoms with Gasteiger partial charge in [-0.2, -0.15) is 0 Å². The van der Waals surface area contributed by atoms with Gasteiger partial charge in [-0.1, -0.05) is 40.2 Å². The number of halogens is 1. The molecule has 5 nitrogen and oxygen atoms in total. The Bertz CT molecular complexity index is 723. The number of nitrogens with zero attached hydrogens (tertiary/aromatic N) is 1. The van der Waals surface area contributed by atoms with Gasteiger partial charge in [0.15, 0.2) is 0 Å². The van der Waals surface area contributed by atoms with Crippen molar-refractivity contribution in [2.24, 2.45) is 0 Å². The molecule has 2 aromatic carbocycles. The van der Waals surface area contributed by atoms with E-state index in [9.17, 15) is 20.0 Å². The summed E-state index contributed by atoms with van der Waals surface area (Å²) in [5.41, 5.74) is 0.375. The van der Waals surface area contributed by atoms with Crippen molar-refractivity contribution in [1.82, 2.24) is 0 Å². The van der Waals surface area contributed by atoms with Gasteiger partial charge in [0.25, 0.3) is 5.69 Å². The van der Waals surface area contributed by atoms with Crippen LogP contribution < -0.4 is 0 Å². The van der Waals surface area contributed by atoms with E-state index in [1.165, 1.54) is 24.3 Å². The summed E-state index contributed by atoms with van der Waals surface area (Å²) in [6.45, 7) is 0. The van der Waals surface area contributed by atoms with Gasteiger partial charge in [-0.05, 0) is 29.8 Å². The number of rotatable bonds is 4. The van der Waals surface area contributed by atoms with Crippen molar-refractivity contribution in [2.45, 2.75) is 0 Å². The molecule has 2 aromatic rings. The van der Waals surface area contributed by atoms with E-state index in [2.05, 4.69) is 15.9 Å². The first-order valence-corrected chi connectivity index (χ1v) is 6.72. The van der Waals surface area contributed by atoms with Crippen LogP contribution >= 0.6 is 15.9 Å². The number of nitro benzene ring substituents is 1. The van der Waals surface area contributed by atoms with Gasteiger partial charge in [-0.3, -0.25) is 10.1 Å². The van der Waals surface area contributed by atoms with Crippen molar-refractivity contribution in [1.29, 1.82) is 0 Å². The highest BCUT2D eigenvalue weighted by Gasteiger charge is 2.20. The first kappa shape index (κ1) is 14.9. The van der Waals surface area contributed by atoms with E-state index in [1.807, 2.05) is 0 Å². The van der Waals surface area contributed by atoms with Crippen LogP contribution in [0.5, 0.6) is 0 Å². The first-order chi connectivity index (χ1) is 9.99. The molecule has 0 aliphatic rings. The number of carbonyl (C=O) groups is 1. The zero-order valence-electron chi connectivity index (χ0n) is 10.7. The van der Waals surface area contributed by atoms with Crippen LogP contribution in [0.25, 0.3) is 11.6 Å². The Morgan fingerprint density at radius 1 is 1.14 bits per heavy atom. The highest BCUT2D eigenvalue weighted by molar-refractivity contribution is 9.10. The molecule has 0 radical (unpaired) electrons. The normalized spacial score (nSPS) is 11.2. The van der Waals surface area contributed by atoms with E-state index in [1.54, 1.807) is 30.3 Å². The maximum Gasteiger partial charge on any atom is 0.336 e. The van der Waals surface area contributed by atoms with Crippen molar-refractivity contribution < 1.29 is 14.8 Å². The molecular formula is C15H10BrNO4. The molecule has 0 spiro atoms. The van der Waals surface area contributed by atoms with Crippen molar-refractivity contribution in [3.63, 3.8) is 0 Å². The maximum atomic E-state index is 11.4. The lowest BCUT2D eigenvalue weighted by Crippen LogP contribution is -2.03. The van der Waals surface area contributed by atoms with Gasteiger partial charge >= 0.3 is 5.97 Å². The average molecular weight is 348 g/mol. The lowest BCUT2D eigenvalue weighted by Gasteiger charge is -2.04. The third-order valence-corrected chi connectivity index (χ3v) is 3.33. The molecule has 0 fully saturated rings. The lowest BCUT2D eigenvalue weighted by atomic mass is 10.0. The SMILES string of the molecule is O=C(O)/C(=C/c1ccc(Br)cc1)c1ccccc1[N+](=O)[O-]. The van der Waals surface area contributed by atoms with Gasteiger partial charge < -0.3 is 5.11 Å². The van der Waals surface area contributed by atoms with Gasteiger partial charge in [0.1, 0.15) is 0 Å². The van der Waals surface area contributed by atoms with Gasteiger partial charge in [0, 0.05) is 10.5 Å². The summed E-state index contributed by atoms with van der Waals surface area (Å²) in [5.74, 6) is -1.22. The molecule has 1 N–H and O–H groups in total. The molecule has 0 unspecified atom stereocenters. The summed E-state index contributed by atoms with van der Waals surface area (Å²) < 4.78 is 0.863. The molecule has 21 heavy (non-hydrogen) atoms. The standard InChI is InChI=1S/C15H10BrNO4/c16-11-7-5-10(6-8-11)9-13(15(18)19)12-3-1-2-4-14(12)17(20)21/h1-9H,(H,18,19)/b13-9+. The minimum absolute atomic E-state index is 0.0814. The first-order valence-electron chi connectivity index (χ1n) is 5.93. The van der Waals surface area contributed by atoms with Crippen LogP contribution in [-0.4, -0.2) is 16.0 Å². The van der Waals surface area contributed by atoms with Gasteiger partial charge in [-0.15, -0.1) is 0 Å². The number of carboxylic acid groups (broad SMARTS) is 1. The molecule has 0 saturated heterocycles. The van der Waals surface area contributed by atoms with E-state index in [0.29, 0.717) is 5.56 Å². The summed E-state index contributed by atoms with van der Waals surface area (Å²) in [7, 11) is 0. The number of hydrogen-bond acceptors (Lipinski definition) is 3. The fourth-order valence-electron chi connectivity index (χ4n) is 1.84. The Morgan fingerprint density at radius 3 is 2.33 bits per heavy atom. The molecular weight excluding hydrogens is 338 g/mol. The van der Waals surface area contributed by atoms with Crippen LogP contribution in [0.4, 0.5) is 5.69 Å². The predicted octanol–water partition coefficient (Wildman–Crippen LogP) is 3.98. The average Bonchev–Trinajstić information content (AvgIpc) is 2.46. The lowest BCUT2D eigenvalue weighted by molar-refractivity contribution is -0.385. The second kappa shape index (κ2) is 6.32. The largest absolute Gasteiger partial charge is 0.478 e. The number of aliphatic carboxylic acids is 1. The molecule has 0 heterocycles. The number of para-hydroxylation sites is 1. The molecule has 0 saturated carbocycles. The van der Waals surface area contributed by atoms with Gasteiger partial charge in [0.05, 0.1) is 16.1 Å². The third kappa shape index (κ3) is 3.55. The summed E-state index contributed by atoms with van der Waals surface area (Å²) in [4.78, 5) is 21.9. The Labute approximate surface area is 128 Å². The Kier molecular flexibility index (Phi) is 4.49. The minimum atomic E-state index is -1.22.